The fraction of sp³-hybridized carbons (Fsp3) is 0.0769. The zero-order valence-electron chi connectivity index (χ0n) is 10.1. The highest BCUT2D eigenvalue weighted by Gasteiger charge is 2.07. The largest absolute Gasteiger partial charge is 0.494 e. The van der Waals surface area contributed by atoms with Crippen LogP contribution >= 0.6 is 0 Å². The fourth-order valence-electron chi connectivity index (χ4n) is 1.54. The third kappa shape index (κ3) is 2.72. The number of nitriles is 1. The van der Waals surface area contributed by atoms with Crippen molar-refractivity contribution in [1.29, 1.82) is 5.26 Å². The topological polar surface area (TPSA) is 84.0 Å². The summed E-state index contributed by atoms with van der Waals surface area (Å²) in [5.74, 6) is 0.373. The van der Waals surface area contributed by atoms with E-state index in [2.05, 4.69) is 10.3 Å². The van der Waals surface area contributed by atoms with Crippen molar-refractivity contribution >= 4 is 17.2 Å². The van der Waals surface area contributed by atoms with Gasteiger partial charge in [-0.2, -0.15) is 5.26 Å². The van der Waals surface area contributed by atoms with Gasteiger partial charge in [0.2, 0.25) is 0 Å². The van der Waals surface area contributed by atoms with Gasteiger partial charge in [-0.15, -0.1) is 0 Å². The van der Waals surface area contributed by atoms with Crippen molar-refractivity contribution in [3.63, 3.8) is 0 Å². The van der Waals surface area contributed by atoms with Crippen LogP contribution in [0.3, 0.4) is 0 Å². The van der Waals surface area contributed by atoms with Gasteiger partial charge in [-0.1, -0.05) is 0 Å². The summed E-state index contributed by atoms with van der Waals surface area (Å²) in [7, 11) is 1.44. The molecule has 0 bridgehead atoms. The van der Waals surface area contributed by atoms with Crippen LogP contribution in [0.15, 0.2) is 30.3 Å². The number of pyridine rings is 1. The second-order valence-corrected chi connectivity index (χ2v) is 3.72. The Balaban J connectivity index is 2.34. The van der Waals surface area contributed by atoms with Gasteiger partial charge in [0.1, 0.15) is 23.5 Å². The Hall–Kier alpha value is -2.81. The highest BCUT2D eigenvalue weighted by atomic mass is 19.1. The van der Waals surface area contributed by atoms with Gasteiger partial charge in [0.15, 0.2) is 5.69 Å². The first-order chi connectivity index (χ1) is 9.13. The number of nitrogen functional groups attached to an aromatic ring is 1. The molecule has 96 valence electrons. The molecule has 0 saturated heterocycles. The number of halogens is 1. The summed E-state index contributed by atoms with van der Waals surface area (Å²) in [5.41, 5.74) is 6.56. The van der Waals surface area contributed by atoms with Crippen LogP contribution in [-0.4, -0.2) is 12.1 Å². The van der Waals surface area contributed by atoms with Crippen molar-refractivity contribution in [3.05, 3.63) is 41.8 Å². The summed E-state index contributed by atoms with van der Waals surface area (Å²) < 4.78 is 18.1. The third-order valence-electron chi connectivity index (χ3n) is 2.46. The molecule has 0 aliphatic carbocycles. The lowest BCUT2D eigenvalue weighted by Gasteiger charge is -2.11. The van der Waals surface area contributed by atoms with Crippen molar-refractivity contribution in [2.45, 2.75) is 0 Å². The van der Waals surface area contributed by atoms with E-state index in [4.69, 9.17) is 15.7 Å². The van der Waals surface area contributed by atoms with Gasteiger partial charge in [0.05, 0.1) is 18.5 Å². The molecule has 0 amide bonds. The Kier molecular flexibility index (Phi) is 3.48. The van der Waals surface area contributed by atoms with Crippen molar-refractivity contribution in [1.82, 2.24) is 4.98 Å². The molecule has 19 heavy (non-hydrogen) atoms. The number of ether oxygens (including phenoxy) is 1. The molecule has 2 rings (SSSR count). The molecular weight excluding hydrogens is 247 g/mol. The molecule has 0 radical (unpaired) electrons. The normalized spacial score (nSPS) is 9.74. The number of rotatable bonds is 3. The first-order valence-corrected chi connectivity index (χ1v) is 5.41. The molecule has 5 nitrogen and oxygen atoms in total. The molecule has 0 aliphatic heterocycles. The van der Waals surface area contributed by atoms with Crippen LogP contribution in [0.5, 0.6) is 5.75 Å². The second-order valence-electron chi connectivity index (χ2n) is 3.72. The zero-order valence-corrected chi connectivity index (χ0v) is 10.1. The molecule has 0 spiro atoms. The Labute approximate surface area is 109 Å². The molecule has 0 saturated carbocycles. The number of nitrogens with one attached hydrogen (secondary N) is 1. The van der Waals surface area contributed by atoms with Gasteiger partial charge in [-0.3, -0.25) is 0 Å². The number of benzene rings is 1. The van der Waals surface area contributed by atoms with Crippen molar-refractivity contribution in [3.8, 4) is 11.8 Å². The summed E-state index contributed by atoms with van der Waals surface area (Å²) >= 11 is 0. The van der Waals surface area contributed by atoms with E-state index in [1.165, 1.54) is 25.3 Å². The van der Waals surface area contributed by atoms with Crippen LogP contribution < -0.4 is 15.8 Å². The molecule has 0 aliphatic rings. The van der Waals surface area contributed by atoms with Crippen LogP contribution in [0.25, 0.3) is 0 Å². The number of hydrogen-bond acceptors (Lipinski definition) is 5. The van der Waals surface area contributed by atoms with E-state index in [1.807, 2.05) is 6.07 Å². The lowest BCUT2D eigenvalue weighted by atomic mass is 10.2. The summed E-state index contributed by atoms with van der Waals surface area (Å²) in [6.45, 7) is 0. The minimum Gasteiger partial charge on any atom is -0.494 e. The minimum atomic E-state index is -0.398. The molecule has 0 unspecified atom stereocenters. The van der Waals surface area contributed by atoms with E-state index in [1.54, 1.807) is 12.1 Å². The maximum Gasteiger partial charge on any atom is 0.165 e. The van der Waals surface area contributed by atoms with Crippen molar-refractivity contribution < 1.29 is 9.13 Å². The van der Waals surface area contributed by atoms with Crippen LogP contribution in [-0.2, 0) is 0 Å². The van der Waals surface area contributed by atoms with Gasteiger partial charge in [0.25, 0.3) is 0 Å². The van der Waals surface area contributed by atoms with Crippen LogP contribution in [0.4, 0.5) is 21.6 Å². The van der Waals surface area contributed by atoms with Gasteiger partial charge in [-0.25, -0.2) is 9.37 Å². The first-order valence-electron chi connectivity index (χ1n) is 5.41. The van der Waals surface area contributed by atoms with Crippen molar-refractivity contribution in [2.75, 3.05) is 18.2 Å². The summed E-state index contributed by atoms with van der Waals surface area (Å²) in [5, 5.41) is 11.8. The van der Waals surface area contributed by atoms with E-state index in [0.29, 0.717) is 22.9 Å². The monoisotopic (exact) mass is 258 g/mol. The molecule has 1 aromatic carbocycles. The minimum absolute atomic E-state index is 0.131. The van der Waals surface area contributed by atoms with Crippen LogP contribution in [0.1, 0.15) is 5.69 Å². The molecule has 6 heteroatoms. The van der Waals surface area contributed by atoms with E-state index >= 15 is 0 Å². The summed E-state index contributed by atoms with van der Waals surface area (Å²) in [6.07, 6.45) is 0. The fourth-order valence-corrected chi connectivity index (χ4v) is 1.54. The van der Waals surface area contributed by atoms with E-state index < -0.39 is 5.82 Å². The Morgan fingerprint density at radius 1 is 1.37 bits per heavy atom. The van der Waals surface area contributed by atoms with Crippen LogP contribution in [0.2, 0.25) is 0 Å². The Morgan fingerprint density at radius 3 is 2.84 bits per heavy atom. The number of anilines is 3. The second kappa shape index (κ2) is 5.23. The maximum absolute atomic E-state index is 13.1. The highest BCUT2D eigenvalue weighted by Crippen LogP contribution is 2.28. The average Bonchev–Trinajstić information content (AvgIpc) is 2.42. The summed E-state index contributed by atoms with van der Waals surface area (Å²) in [4.78, 5) is 4.04. The predicted octanol–water partition coefficient (Wildman–Crippen LogP) is 2.43. The highest BCUT2D eigenvalue weighted by molar-refractivity contribution is 5.66. The molecule has 0 atom stereocenters. The van der Waals surface area contributed by atoms with Crippen LogP contribution in [0, 0.1) is 17.1 Å². The molecule has 1 aromatic heterocycles. The van der Waals surface area contributed by atoms with E-state index in [-0.39, 0.29) is 5.69 Å². The van der Waals surface area contributed by atoms with E-state index in [9.17, 15) is 4.39 Å². The molecule has 3 N–H and O–H groups in total. The maximum atomic E-state index is 13.1. The van der Waals surface area contributed by atoms with Crippen molar-refractivity contribution in [2.24, 2.45) is 0 Å². The molecule has 0 fully saturated rings. The average molecular weight is 258 g/mol. The van der Waals surface area contributed by atoms with Gasteiger partial charge in [-0.05, 0) is 24.3 Å². The molecule has 2 aromatic rings. The Morgan fingerprint density at radius 2 is 2.16 bits per heavy atom. The first kappa shape index (κ1) is 12.6. The molecule has 1 heterocycles. The number of methoxy groups -OCH3 is 1. The quantitative estimate of drug-likeness (QED) is 0.883. The number of hydrogen-bond donors (Lipinski definition) is 2. The third-order valence-corrected chi connectivity index (χ3v) is 2.46. The number of nitrogens with two attached hydrogens (primary N) is 1. The molecular formula is C13H11FN4O. The smallest absolute Gasteiger partial charge is 0.165 e. The Bertz CT molecular complexity index is 652. The predicted molar refractivity (Wildman–Crippen MR) is 69.6 cm³/mol. The number of nitrogens with zero attached hydrogens (tertiary/aromatic N) is 2. The zero-order chi connectivity index (χ0) is 13.8. The number of aromatic nitrogens is 1. The standard InChI is InChI=1S/C13H11FN4O/c1-19-12-6-8(14)2-4-10(12)17-13-5-3-9(16)11(7-15)18-13/h2-6H,16H2,1H3,(H,17,18). The van der Waals surface area contributed by atoms with Gasteiger partial charge < -0.3 is 15.8 Å². The van der Waals surface area contributed by atoms with E-state index in [0.717, 1.165) is 0 Å². The lowest BCUT2D eigenvalue weighted by Crippen LogP contribution is -2.00. The van der Waals surface area contributed by atoms with Gasteiger partial charge >= 0.3 is 0 Å². The lowest BCUT2D eigenvalue weighted by molar-refractivity contribution is 0.413. The van der Waals surface area contributed by atoms with Gasteiger partial charge in [0, 0.05) is 6.07 Å². The SMILES string of the molecule is COc1cc(F)ccc1Nc1ccc(N)c(C#N)n1. The summed E-state index contributed by atoms with van der Waals surface area (Å²) in [6, 6.07) is 9.17.